The summed E-state index contributed by atoms with van der Waals surface area (Å²) in [7, 11) is 1.63. The van der Waals surface area contributed by atoms with Crippen LogP contribution in [0.4, 0.5) is 13.2 Å². The van der Waals surface area contributed by atoms with Crippen LogP contribution in [0, 0.1) is 12.3 Å². The molecule has 32 heavy (non-hydrogen) atoms. The zero-order valence-electron chi connectivity index (χ0n) is 19.0. The van der Waals surface area contributed by atoms with E-state index in [9.17, 15) is 18.0 Å². The second-order valence-corrected chi connectivity index (χ2v) is 9.02. The van der Waals surface area contributed by atoms with Crippen molar-refractivity contribution in [1.29, 1.82) is 0 Å². The van der Waals surface area contributed by atoms with Gasteiger partial charge in [0.2, 0.25) is 5.91 Å². The van der Waals surface area contributed by atoms with Crippen molar-refractivity contribution in [3.8, 4) is 0 Å². The molecule has 3 rings (SSSR count). The Balaban J connectivity index is 1.82. The summed E-state index contributed by atoms with van der Waals surface area (Å²) in [6.07, 6.45) is -3.60. The molecule has 0 aromatic heterocycles. The number of piperidine rings is 1. The fourth-order valence-corrected chi connectivity index (χ4v) is 4.31. The maximum absolute atomic E-state index is 13.3. The number of hydrogen-bond acceptors (Lipinski definition) is 3. The Labute approximate surface area is 187 Å². The summed E-state index contributed by atoms with van der Waals surface area (Å²) < 4.78 is 45.9. The van der Waals surface area contributed by atoms with Gasteiger partial charge in [-0.15, -0.1) is 0 Å². The van der Waals surface area contributed by atoms with Gasteiger partial charge in [0.05, 0.1) is 29.2 Å². The van der Waals surface area contributed by atoms with Crippen molar-refractivity contribution >= 4 is 5.91 Å². The van der Waals surface area contributed by atoms with Crippen LogP contribution in [0.5, 0.6) is 0 Å². The number of halogens is 3. The molecular formula is C25H31F3N2O2. The van der Waals surface area contributed by atoms with Crippen LogP contribution in [0.2, 0.25) is 0 Å². The fourth-order valence-electron chi connectivity index (χ4n) is 4.31. The van der Waals surface area contributed by atoms with E-state index in [0.717, 1.165) is 17.7 Å². The molecule has 0 saturated carbocycles. The zero-order chi connectivity index (χ0) is 23.6. The van der Waals surface area contributed by atoms with Crippen LogP contribution < -0.4 is 10.6 Å². The molecule has 0 radical (unpaired) electrons. The van der Waals surface area contributed by atoms with E-state index >= 15 is 0 Å². The standard InChI is InChI=1S/C25H31F3N2O2/c1-17-12-19(14-21(13-17)25(26,27)28)18(2)32-16-24(20-8-6-5-7-9-20)11-10-23(3,15-30-24)22(31)29-4/h5-9,12-14,18,30H,10-11,15-16H2,1-4H3,(H,29,31)/t18-,23+,24-/m1/s1. The minimum absolute atomic E-state index is 0.0135. The lowest BCUT2D eigenvalue weighted by atomic mass is 9.72. The topological polar surface area (TPSA) is 50.4 Å². The second-order valence-electron chi connectivity index (χ2n) is 9.02. The average Bonchev–Trinajstić information content (AvgIpc) is 2.77. The van der Waals surface area contributed by atoms with E-state index in [1.165, 1.54) is 0 Å². The molecule has 1 heterocycles. The first-order chi connectivity index (χ1) is 15.0. The third kappa shape index (κ3) is 5.15. The van der Waals surface area contributed by atoms with E-state index in [1.54, 1.807) is 27.0 Å². The number of alkyl halides is 3. The predicted molar refractivity (Wildman–Crippen MR) is 118 cm³/mol. The lowest BCUT2D eigenvalue weighted by molar-refractivity contribution is -0.138. The van der Waals surface area contributed by atoms with Gasteiger partial charge in [-0.25, -0.2) is 0 Å². The molecule has 0 unspecified atom stereocenters. The molecule has 0 bridgehead atoms. The van der Waals surface area contributed by atoms with Gasteiger partial charge in [0, 0.05) is 13.6 Å². The molecule has 1 aliphatic heterocycles. The number of aryl methyl sites for hydroxylation is 1. The zero-order valence-corrected chi connectivity index (χ0v) is 19.0. The van der Waals surface area contributed by atoms with Crippen molar-refractivity contribution in [1.82, 2.24) is 10.6 Å². The van der Waals surface area contributed by atoms with E-state index < -0.39 is 28.8 Å². The highest BCUT2D eigenvalue weighted by Crippen LogP contribution is 2.39. The molecule has 2 N–H and O–H groups in total. The first-order valence-electron chi connectivity index (χ1n) is 10.8. The van der Waals surface area contributed by atoms with Crippen molar-refractivity contribution in [3.63, 3.8) is 0 Å². The van der Waals surface area contributed by atoms with Gasteiger partial charge in [-0.2, -0.15) is 13.2 Å². The van der Waals surface area contributed by atoms with Crippen LogP contribution in [-0.2, 0) is 21.2 Å². The van der Waals surface area contributed by atoms with Crippen molar-refractivity contribution in [2.75, 3.05) is 20.2 Å². The first kappa shape index (κ1) is 24.3. The summed E-state index contributed by atoms with van der Waals surface area (Å²) in [4.78, 5) is 12.4. The summed E-state index contributed by atoms with van der Waals surface area (Å²) in [5.41, 5.74) is 0.340. The third-order valence-corrected chi connectivity index (χ3v) is 6.50. The smallest absolute Gasteiger partial charge is 0.372 e. The maximum atomic E-state index is 13.3. The van der Waals surface area contributed by atoms with E-state index in [-0.39, 0.29) is 12.5 Å². The molecule has 1 saturated heterocycles. The van der Waals surface area contributed by atoms with E-state index in [0.29, 0.717) is 30.5 Å². The minimum Gasteiger partial charge on any atom is -0.372 e. The van der Waals surface area contributed by atoms with Crippen LogP contribution >= 0.6 is 0 Å². The fraction of sp³-hybridized carbons (Fsp3) is 0.480. The van der Waals surface area contributed by atoms with E-state index in [2.05, 4.69) is 10.6 Å². The molecule has 1 fully saturated rings. The summed E-state index contributed by atoms with van der Waals surface area (Å²) in [6, 6.07) is 13.9. The summed E-state index contributed by atoms with van der Waals surface area (Å²) in [5.74, 6) is -0.0135. The Bertz CT molecular complexity index is 936. The number of carbonyl (C=O) groups is 1. The number of ether oxygens (including phenoxy) is 1. The van der Waals surface area contributed by atoms with Crippen LogP contribution in [0.3, 0.4) is 0 Å². The number of hydrogen-bond donors (Lipinski definition) is 2. The average molecular weight is 449 g/mol. The van der Waals surface area contributed by atoms with Crippen LogP contribution in [-0.4, -0.2) is 26.1 Å². The molecule has 2 aromatic carbocycles. The highest BCUT2D eigenvalue weighted by molar-refractivity contribution is 5.82. The molecule has 0 spiro atoms. The molecular weight excluding hydrogens is 417 g/mol. The molecule has 1 amide bonds. The summed E-state index contributed by atoms with van der Waals surface area (Å²) in [6.45, 7) is 6.10. The molecule has 0 aliphatic carbocycles. The van der Waals surface area contributed by atoms with Crippen molar-refractivity contribution in [2.24, 2.45) is 5.41 Å². The van der Waals surface area contributed by atoms with E-state index in [4.69, 9.17) is 4.74 Å². The summed E-state index contributed by atoms with van der Waals surface area (Å²) >= 11 is 0. The number of amides is 1. The quantitative estimate of drug-likeness (QED) is 0.645. The van der Waals surface area contributed by atoms with Gasteiger partial charge in [0.1, 0.15) is 0 Å². The third-order valence-electron chi connectivity index (χ3n) is 6.50. The minimum atomic E-state index is -4.40. The van der Waals surface area contributed by atoms with Crippen molar-refractivity contribution in [3.05, 3.63) is 70.8 Å². The Morgan fingerprint density at radius 2 is 1.88 bits per heavy atom. The number of rotatable bonds is 6. The SMILES string of the molecule is CNC(=O)[C@@]1(C)CC[C@@](CO[C@H](C)c2cc(C)cc(C(F)(F)F)c2)(c2ccccc2)NC1. The molecule has 2 aromatic rings. The lowest BCUT2D eigenvalue weighted by Gasteiger charge is -2.45. The Morgan fingerprint density at radius 3 is 2.44 bits per heavy atom. The molecule has 3 atom stereocenters. The second kappa shape index (κ2) is 9.24. The van der Waals surface area contributed by atoms with Gasteiger partial charge in [0.25, 0.3) is 0 Å². The van der Waals surface area contributed by atoms with Crippen LogP contribution in [0.15, 0.2) is 48.5 Å². The Kier molecular flexibility index (Phi) is 7.00. The monoisotopic (exact) mass is 448 g/mol. The number of carbonyl (C=O) groups excluding carboxylic acids is 1. The molecule has 1 aliphatic rings. The highest BCUT2D eigenvalue weighted by atomic mass is 19.4. The van der Waals surface area contributed by atoms with Gasteiger partial charge >= 0.3 is 6.18 Å². The van der Waals surface area contributed by atoms with Crippen LogP contribution in [0.25, 0.3) is 0 Å². The van der Waals surface area contributed by atoms with Crippen LogP contribution in [0.1, 0.15) is 55.0 Å². The lowest BCUT2D eigenvalue weighted by Crippen LogP contribution is -2.58. The highest BCUT2D eigenvalue weighted by Gasteiger charge is 2.45. The number of nitrogens with one attached hydrogen (secondary N) is 2. The molecule has 4 nitrogen and oxygen atoms in total. The van der Waals surface area contributed by atoms with Gasteiger partial charge in [-0.05, 0) is 56.9 Å². The normalized spacial score (nSPS) is 24.7. The molecule has 174 valence electrons. The van der Waals surface area contributed by atoms with Gasteiger partial charge in [0.15, 0.2) is 0 Å². The van der Waals surface area contributed by atoms with Crippen molar-refractivity contribution < 1.29 is 22.7 Å². The van der Waals surface area contributed by atoms with Gasteiger partial charge in [-0.3, -0.25) is 4.79 Å². The Morgan fingerprint density at radius 1 is 1.19 bits per heavy atom. The van der Waals surface area contributed by atoms with E-state index in [1.807, 2.05) is 37.3 Å². The first-order valence-corrected chi connectivity index (χ1v) is 10.8. The predicted octanol–water partition coefficient (Wildman–Crippen LogP) is 5.12. The molecule has 7 heteroatoms. The largest absolute Gasteiger partial charge is 0.416 e. The summed E-state index contributed by atoms with van der Waals surface area (Å²) in [5, 5.41) is 6.28. The van der Waals surface area contributed by atoms with Gasteiger partial charge in [-0.1, -0.05) is 42.0 Å². The Hall–Kier alpha value is -2.38. The van der Waals surface area contributed by atoms with Gasteiger partial charge < -0.3 is 15.4 Å². The van der Waals surface area contributed by atoms with Crippen molar-refractivity contribution in [2.45, 2.75) is 51.4 Å². The maximum Gasteiger partial charge on any atom is 0.416 e. The number of benzene rings is 2.